The summed E-state index contributed by atoms with van der Waals surface area (Å²) in [4.78, 5) is 13.7. The number of methoxy groups -OCH3 is 2. The first-order valence-electron chi connectivity index (χ1n) is 20.2. The predicted octanol–water partition coefficient (Wildman–Crippen LogP) is -2.87. The van der Waals surface area contributed by atoms with E-state index in [-0.39, 0.29) is 36.0 Å². The summed E-state index contributed by atoms with van der Waals surface area (Å²) in [5.74, 6) is 0.840. The van der Waals surface area contributed by atoms with E-state index < -0.39 is 131 Å². The van der Waals surface area contributed by atoms with Gasteiger partial charge in [0.2, 0.25) is 13.1 Å². The maximum absolute atomic E-state index is 13.7. The number of rotatable bonds is 13. The summed E-state index contributed by atoms with van der Waals surface area (Å²) in [5, 5.41) is 97.1. The van der Waals surface area contributed by atoms with Crippen LogP contribution < -0.4 is 23.7 Å². The number of esters is 1. The molecule has 14 atom stereocenters. The molecule has 6 aliphatic heterocycles. The van der Waals surface area contributed by atoms with Crippen molar-refractivity contribution in [2.75, 3.05) is 60.7 Å². The molecular weight excluding hydrogens is 860 g/mol. The fourth-order valence-electron chi connectivity index (χ4n) is 8.49. The minimum absolute atomic E-state index is 0.00303. The van der Waals surface area contributed by atoms with E-state index in [0.29, 0.717) is 39.1 Å². The topological polar surface area (TPSA) is 319 Å². The van der Waals surface area contributed by atoms with Crippen LogP contribution in [0.15, 0.2) is 30.3 Å². The average Bonchev–Trinajstić information content (AvgIpc) is 4.07. The zero-order valence-corrected chi connectivity index (χ0v) is 34.2. The van der Waals surface area contributed by atoms with Crippen molar-refractivity contribution in [3.63, 3.8) is 0 Å². The van der Waals surface area contributed by atoms with Crippen LogP contribution in [0.1, 0.15) is 15.9 Å². The van der Waals surface area contributed by atoms with Crippen LogP contribution in [0.25, 0.3) is 21.9 Å². The van der Waals surface area contributed by atoms with Gasteiger partial charge in [-0.25, -0.2) is 4.79 Å². The van der Waals surface area contributed by atoms with E-state index in [4.69, 9.17) is 61.6 Å². The lowest BCUT2D eigenvalue weighted by atomic mass is 9.89. The Morgan fingerprint density at radius 3 is 2.12 bits per heavy atom. The lowest BCUT2D eigenvalue weighted by Gasteiger charge is -2.42. The van der Waals surface area contributed by atoms with Gasteiger partial charge in [0, 0.05) is 16.5 Å². The molecule has 0 radical (unpaired) electrons. The molecule has 4 fully saturated rings. The number of aliphatic hydroxyl groups excluding tert-OH is 7. The molecule has 350 valence electrons. The van der Waals surface area contributed by atoms with Crippen molar-refractivity contribution in [2.45, 2.75) is 91.8 Å². The fourth-order valence-corrected chi connectivity index (χ4v) is 8.49. The maximum Gasteiger partial charge on any atom is 0.339 e. The molecular formula is C41H48O23. The van der Waals surface area contributed by atoms with Crippen molar-refractivity contribution in [3.8, 4) is 39.9 Å². The van der Waals surface area contributed by atoms with Crippen LogP contribution in [-0.4, -0.2) is 198 Å². The Balaban J connectivity index is 1.09. The highest BCUT2D eigenvalue weighted by Crippen LogP contribution is 2.50. The Morgan fingerprint density at radius 2 is 1.39 bits per heavy atom. The van der Waals surface area contributed by atoms with Crippen LogP contribution in [0.3, 0.4) is 0 Å². The first-order chi connectivity index (χ1) is 30.7. The Bertz CT molecular complexity index is 2220. The van der Waals surface area contributed by atoms with Crippen LogP contribution in [0.2, 0.25) is 0 Å². The van der Waals surface area contributed by atoms with Crippen LogP contribution in [0.5, 0.6) is 28.7 Å². The molecule has 23 nitrogen and oxygen atoms in total. The van der Waals surface area contributed by atoms with Crippen molar-refractivity contribution >= 4 is 16.7 Å². The second-order valence-corrected chi connectivity index (χ2v) is 16.2. The third-order valence-corrected chi connectivity index (χ3v) is 12.1. The highest BCUT2D eigenvalue weighted by atomic mass is 16.8. The Morgan fingerprint density at radius 1 is 0.703 bits per heavy atom. The lowest BCUT2D eigenvalue weighted by Crippen LogP contribution is -2.61. The van der Waals surface area contributed by atoms with Gasteiger partial charge in [-0.2, -0.15) is 0 Å². The number of ether oxygens (including phenoxy) is 13. The van der Waals surface area contributed by atoms with Gasteiger partial charge in [0.1, 0.15) is 66.3 Å². The van der Waals surface area contributed by atoms with Crippen molar-refractivity contribution in [2.24, 2.45) is 0 Å². The lowest BCUT2D eigenvalue weighted by molar-refractivity contribution is -0.332. The zero-order valence-electron chi connectivity index (χ0n) is 34.2. The van der Waals surface area contributed by atoms with Gasteiger partial charge in [-0.1, -0.05) is 6.07 Å². The Labute approximate surface area is 362 Å². The molecule has 3 aromatic rings. The number of hydrogen-bond donors (Lipinski definition) is 9. The number of carbonyl (C=O) groups is 1. The van der Waals surface area contributed by atoms with Gasteiger partial charge in [0.25, 0.3) is 0 Å². The standard InChI is InChI=1S/C41H48O23/c1-52-23-6-17-18(7-24(23)53-2)31(19-8-54-35(49)27(19)26(17)16-3-4-22-25(5-16)61-15-60-22)62-39-34(41(51,14-59-39)13-57-36-29(46)28(45)20(43)9-55-36)64-37-30(47)32(21(44)10-56-37)63-38-33(48)40(50,11-42)12-58-38/h3-7,20-21,28-30,32-34,36-39,42-48,50-51H,8-15H2,1-2H3/t20-,21+,28+,29-,30-,32+,33+,34+,36+,37+,38+,39+,40-,41-/m1/s1. The van der Waals surface area contributed by atoms with Gasteiger partial charge in [-0.3, -0.25) is 0 Å². The smallest absolute Gasteiger partial charge is 0.339 e. The van der Waals surface area contributed by atoms with Crippen molar-refractivity contribution in [1.82, 2.24) is 0 Å². The molecule has 6 aliphatic rings. The number of hydrogen-bond acceptors (Lipinski definition) is 23. The largest absolute Gasteiger partial charge is 0.493 e. The minimum Gasteiger partial charge on any atom is -0.493 e. The third-order valence-electron chi connectivity index (χ3n) is 12.1. The molecule has 0 saturated carbocycles. The van der Waals surface area contributed by atoms with Crippen molar-refractivity contribution in [3.05, 3.63) is 41.5 Å². The zero-order chi connectivity index (χ0) is 45.2. The highest BCUT2D eigenvalue weighted by molar-refractivity contribution is 6.14. The molecule has 64 heavy (non-hydrogen) atoms. The van der Waals surface area contributed by atoms with Crippen molar-refractivity contribution < 1.29 is 112 Å². The number of fused-ring (bicyclic) bond motifs is 3. The molecule has 9 N–H and O–H groups in total. The van der Waals surface area contributed by atoms with E-state index in [1.54, 1.807) is 30.3 Å². The fraction of sp³-hybridized carbons (Fsp3) is 0.585. The van der Waals surface area contributed by atoms with E-state index in [1.165, 1.54) is 14.2 Å². The van der Waals surface area contributed by atoms with Gasteiger partial charge in [0.15, 0.2) is 48.0 Å². The molecule has 0 unspecified atom stereocenters. The minimum atomic E-state index is -2.26. The number of carbonyl (C=O) groups excluding carboxylic acids is 1. The van der Waals surface area contributed by atoms with Crippen LogP contribution in [0, 0.1) is 0 Å². The number of benzene rings is 3. The molecule has 0 aliphatic carbocycles. The van der Waals surface area contributed by atoms with E-state index in [9.17, 15) is 50.8 Å². The quantitative estimate of drug-likeness (QED) is 0.0779. The SMILES string of the molecule is COc1cc2c(O[C@@H]3OC[C@](O)(CO[C@@H]4OC[C@@H](O)[C@H](O)[C@H]4O)[C@H]3O[C@@H]3OC[C@H](O)[C@H](O[C@@H]4OC[C@](O)(CO)[C@H]4O)[C@H]3O)c3c(c(-c4ccc5c(c4)OCO5)c2cc1OC)C(=O)OC3. The summed E-state index contributed by atoms with van der Waals surface area (Å²) in [6.07, 6.45) is -20.0. The summed E-state index contributed by atoms with van der Waals surface area (Å²) >= 11 is 0. The Kier molecular flexibility index (Phi) is 12.3. The monoisotopic (exact) mass is 908 g/mol. The molecule has 6 heterocycles. The first-order valence-corrected chi connectivity index (χ1v) is 20.2. The van der Waals surface area contributed by atoms with Crippen molar-refractivity contribution in [1.29, 1.82) is 0 Å². The second kappa shape index (κ2) is 17.5. The van der Waals surface area contributed by atoms with E-state index >= 15 is 0 Å². The average molecular weight is 909 g/mol. The van der Waals surface area contributed by atoms with E-state index in [2.05, 4.69) is 0 Å². The van der Waals surface area contributed by atoms with Gasteiger partial charge >= 0.3 is 5.97 Å². The molecule has 3 aromatic carbocycles. The molecule has 23 heteroatoms. The first kappa shape index (κ1) is 44.9. The highest BCUT2D eigenvalue weighted by Gasteiger charge is 2.57. The van der Waals surface area contributed by atoms with Gasteiger partial charge in [0.05, 0.1) is 59.4 Å². The number of aliphatic hydroxyl groups is 9. The van der Waals surface area contributed by atoms with E-state index in [1.807, 2.05) is 0 Å². The molecule has 0 bridgehead atoms. The Hall–Kier alpha value is -4.25. The van der Waals surface area contributed by atoms with Gasteiger partial charge < -0.3 is 108 Å². The predicted molar refractivity (Wildman–Crippen MR) is 206 cm³/mol. The normalized spacial score (nSPS) is 36.9. The number of cyclic esters (lactones) is 1. The molecule has 0 spiro atoms. The van der Waals surface area contributed by atoms with Crippen LogP contribution in [-0.2, 0) is 44.5 Å². The second-order valence-electron chi connectivity index (χ2n) is 16.2. The molecule has 9 rings (SSSR count). The third kappa shape index (κ3) is 7.77. The summed E-state index contributed by atoms with van der Waals surface area (Å²) in [6.45, 7) is -3.99. The maximum atomic E-state index is 13.7. The summed E-state index contributed by atoms with van der Waals surface area (Å²) in [7, 11) is 2.87. The molecule has 4 saturated heterocycles. The van der Waals surface area contributed by atoms with E-state index in [0.717, 1.165) is 0 Å². The summed E-state index contributed by atoms with van der Waals surface area (Å²) < 4.78 is 74.9. The molecule has 0 aromatic heterocycles. The van der Waals surface area contributed by atoms with Crippen LogP contribution in [0.4, 0.5) is 0 Å². The molecule has 0 amide bonds. The van der Waals surface area contributed by atoms with Gasteiger partial charge in [-0.15, -0.1) is 0 Å². The van der Waals surface area contributed by atoms with Crippen LogP contribution >= 0.6 is 0 Å². The summed E-state index contributed by atoms with van der Waals surface area (Å²) in [6, 6.07) is 8.42. The summed E-state index contributed by atoms with van der Waals surface area (Å²) in [5.41, 5.74) is -2.98. The van der Waals surface area contributed by atoms with Gasteiger partial charge in [-0.05, 0) is 35.2 Å².